The molecule has 1 aliphatic rings. The van der Waals surface area contributed by atoms with E-state index in [-0.39, 0.29) is 11.8 Å². The van der Waals surface area contributed by atoms with Crippen LogP contribution in [0.5, 0.6) is 0 Å². The van der Waals surface area contributed by atoms with Crippen molar-refractivity contribution in [2.75, 3.05) is 26.2 Å². The third kappa shape index (κ3) is 4.94. The summed E-state index contributed by atoms with van der Waals surface area (Å²) in [6, 6.07) is 0. The van der Waals surface area contributed by atoms with Crippen molar-refractivity contribution in [1.29, 1.82) is 0 Å². The summed E-state index contributed by atoms with van der Waals surface area (Å²) in [5, 5.41) is 10.2. The third-order valence-electron chi connectivity index (χ3n) is 5.13. The van der Waals surface area contributed by atoms with Crippen molar-refractivity contribution in [2.24, 2.45) is 0 Å². The van der Waals surface area contributed by atoms with E-state index in [0.717, 1.165) is 34.1 Å². The molecule has 27 heavy (non-hydrogen) atoms. The number of H-pyrrole nitrogens is 1. The van der Waals surface area contributed by atoms with Gasteiger partial charge >= 0.3 is 0 Å². The minimum absolute atomic E-state index is 0.0946. The lowest BCUT2D eigenvalue weighted by molar-refractivity contribution is -0.133. The van der Waals surface area contributed by atoms with E-state index in [0.29, 0.717) is 45.4 Å². The van der Waals surface area contributed by atoms with E-state index in [1.807, 2.05) is 36.0 Å². The Hall–Kier alpha value is -2.22. The standard InChI is InChI=1S/C19H27N5O2S/c1-13-14(2)21-22-17(13)5-6-18(25)23-7-4-8-24(10-9-23)19(26)11-16-12-27-15(3)20-16/h12H,4-11H2,1-3H3,(H,21,22). The van der Waals surface area contributed by atoms with Crippen LogP contribution in [0.3, 0.4) is 0 Å². The van der Waals surface area contributed by atoms with Gasteiger partial charge in [0, 0.05) is 50.1 Å². The van der Waals surface area contributed by atoms with E-state index in [1.54, 1.807) is 11.3 Å². The molecule has 0 aliphatic carbocycles. The molecule has 1 N–H and O–H groups in total. The molecule has 0 saturated carbocycles. The van der Waals surface area contributed by atoms with Gasteiger partial charge in [-0.1, -0.05) is 0 Å². The molecule has 8 heteroatoms. The SMILES string of the molecule is Cc1nc(CC(=O)N2CCCN(C(=O)CCc3n[nH]c(C)c3C)CC2)cs1. The fourth-order valence-electron chi connectivity index (χ4n) is 3.33. The number of thiazole rings is 1. The highest BCUT2D eigenvalue weighted by molar-refractivity contribution is 7.09. The molecule has 3 heterocycles. The third-order valence-corrected chi connectivity index (χ3v) is 5.95. The van der Waals surface area contributed by atoms with Crippen molar-refractivity contribution in [3.8, 4) is 0 Å². The second kappa shape index (κ2) is 8.65. The van der Waals surface area contributed by atoms with Gasteiger partial charge in [-0.15, -0.1) is 11.3 Å². The number of carbonyl (C=O) groups is 2. The van der Waals surface area contributed by atoms with Crippen molar-refractivity contribution >= 4 is 23.2 Å². The summed E-state index contributed by atoms with van der Waals surface area (Å²) in [5.74, 6) is 0.233. The topological polar surface area (TPSA) is 82.2 Å². The van der Waals surface area contributed by atoms with Gasteiger partial charge in [-0.25, -0.2) is 4.98 Å². The van der Waals surface area contributed by atoms with Gasteiger partial charge in [0.15, 0.2) is 0 Å². The predicted molar refractivity (Wildman–Crippen MR) is 105 cm³/mol. The average Bonchev–Trinajstić information content (AvgIpc) is 3.08. The van der Waals surface area contributed by atoms with Crippen LogP contribution in [0.25, 0.3) is 0 Å². The highest BCUT2D eigenvalue weighted by Gasteiger charge is 2.22. The van der Waals surface area contributed by atoms with E-state index in [4.69, 9.17) is 0 Å². The lowest BCUT2D eigenvalue weighted by atomic mass is 10.1. The maximum absolute atomic E-state index is 12.6. The van der Waals surface area contributed by atoms with Crippen LogP contribution in [-0.4, -0.2) is 63.0 Å². The molecule has 2 amide bonds. The zero-order valence-corrected chi connectivity index (χ0v) is 17.1. The summed E-state index contributed by atoms with van der Waals surface area (Å²) in [4.78, 5) is 33.2. The number of aromatic nitrogens is 3. The fourth-order valence-corrected chi connectivity index (χ4v) is 3.95. The van der Waals surface area contributed by atoms with Gasteiger partial charge in [0.2, 0.25) is 11.8 Å². The normalized spacial score (nSPS) is 15.1. The Bertz CT molecular complexity index is 813. The maximum Gasteiger partial charge on any atom is 0.228 e. The lowest BCUT2D eigenvalue weighted by Crippen LogP contribution is -2.38. The Labute approximate surface area is 163 Å². The van der Waals surface area contributed by atoms with E-state index in [1.165, 1.54) is 0 Å². The highest BCUT2D eigenvalue weighted by Crippen LogP contribution is 2.14. The molecule has 0 unspecified atom stereocenters. The van der Waals surface area contributed by atoms with Gasteiger partial charge in [0.25, 0.3) is 0 Å². The van der Waals surface area contributed by atoms with E-state index < -0.39 is 0 Å². The summed E-state index contributed by atoms with van der Waals surface area (Å²) in [7, 11) is 0. The second-order valence-electron chi connectivity index (χ2n) is 7.07. The zero-order chi connectivity index (χ0) is 19.4. The van der Waals surface area contributed by atoms with Gasteiger partial charge in [0.1, 0.15) is 0 Å². The number of rotatable bonds is 5. The fraction of sp³-hybridized carbons (Fsp3) is 0.579. The Balaban J connectivity index is 1.49. The minimum Gasteiger partial charge on any atom is -0.341 e. The number of hydrogen-bond acceptors (Lipinski definition) is 5. The Morgan fingerprint density at radius 1 is 1.11 bits per heavy atom. The Morgan fingerprint density at radius 2 is 1.81 bits per heavy atom. The maximum atomic E-state index is 12.6. The predicted octanol–water partition coefficient (Wildman–Crippen LogP) is 2.03. The number of amides is 2. The second-order valence-corrected chi connectivity index (χ2v) is 8.13. The molecule has 1 saturated heterocycles. The van der Waals surface area contributed by atoms with E-state index >= 15 is 0 Å². The smallest absolute Gasteiger partial charge is 0.228 e. The number of nitrogens with zero attached hydrogens (tertiary/aromatic N) is 4. The average molecular weight is 390 g/mol. The first-order valence-electron chi connectivity index (χ1n) is 9.41. The molecule has 0 aromatic carbocycles. The van der Waals surface area contributed by atoms with Crippen LogP contribution in [0.2, 0.25) is 0 Å². The van der Waals surface area contributed by atoms with Crippen LogP contribution in [0.15, 0.2) is 5.38 Å². The number of aryl methyl sites for hydroxylation is 3. The first-order valence-corrected chi connectivity index (χ1v) is 10.3. The van der Waals surface area contributed by atoms with E-state index in [9.17, 15) is 9.59 Å². The quantitative estimate of drug-likeness (QED) is 0.848. The van der Waals surface area contributed by atoms with Crippen molar-refractivity contribution in [3.05, 3.63) is 33.0 Å². The molecule has 1 fully saturated rings. The van der Waals surface area contributed by atoms with E-state index in [2.05, 4.69) is 15.2 Å². The Morgan fingerprint density at radius 3 is 2.41 bits per heavy atom. The number of carbonyl (C=O) groups excluding carboxylic acids is 2. The number of aromatic amines is 1. The van der Waals surface area contributed by atoms with Gasteiger partial charge < -0.3 is 9.80 Å². The number of nitrogens with one attached hydrogen (secondary N) is 1. The summed E-state index contributed by atoms with van der Waals surface area (Å²) >= 11 is 1.57. The first-order chi connectivity index (χ1) is 12.9. The first kappa shape index (κ1) is 19.5. The summed E-state index contributed by atoms with van der Waals surface area (Å²) in [6.07, 6.45) is 2.26. The molecular weight excluding hydrogens is 362 g/mol. The highest BCUT2D eigenvalue weighted by atomic mass is 32.1. The lowest BCUT2D eigenvalue weighted by Gasteiger charge is -2.22. The molecular formula is C19H27N5O2S. The van der Waals surface area contributed by atoms with Crippen LogP contribution in [0.4, 0.5) is 0 Å². The van der Waals surface area contributed by atoms with Gasteiger partial charge in [-0.3, -0.25) is 14.7 Å². The minimum atomic E-state index is 0.0946. The van der Waals surface area contributed by atoms with Crippen LogP contribution < -0.4 is 0 Å². The molecule has 0 bridgehead atoms. The monoisotopic (exact) mass is 389 g/mol. The van der Waals surface area contributed by atoms with Crippen molar-refractivity contribution in [1.82, 2.24) is 25.0 Å². The molecule has 7 nitrogen and oxygen atoms in total. The van der Waals surface area contributed by atoms with Gasteiger partial charge in [0.05, 0.1) is 22.8 Å². The molecule has 146 valence electrons. The van der Waals surface area contributed by atoms with Crippen LogP contribution in [-0.2, 0) is 22.4 Å². The summed E-state index contributed by atoms with van der Waals surface area (Å²) in [6.45, 7) is 8.55. The molecule has 0 radical (unpaired) electrons. The molecule has 1 aliphatic heterocycles. The molecule has 0 spiro atoms. The van der Waals surface area contributed by atoms with Gasteiger partial charge in [-0.05, 0) is 32.8 Å². The largest absolute Gasteiger partial charge is 0.341 e. The summed E-state index contributed by atoms with van der Waals surface area (Å²) < 4.78 is 0. The molecule has 3 rings (SSSR count). The molecule has 2 aromatic rings. The van der Waals surface area contributed by atoms with Crippen molar-refractivity contribution in [2.45, 2.75) is 46.5 Å². The summed E-state index contributed by atoms with van der Waals surface area (Å²) in [5.41, 5.74) is 3.99. The van der Waals surface area contributed by atoms with Crippen LogP contribution >= 0.6 is 11.3 Å². The van der Waals surface area contributed by atoms with Crippen LogP contribution in [0, 0.1) is 20.8 Å². The van der Waals surface area contributed by atoms with Gasteiger partial charge in [-0.2, -0.15) is 5.10 Å². The molecule has 0 atom stereocenters. The van der Waals surface area contributed by atoms with Crippen LogP contribution in [0.1, 0.15) is 40.5 Å². The van der Waals surface area contributed by atoms with Crippen molar-refractivity contribution < 1.29 is 9.59 Å². The number of hydrogen-bond donors (Lipinski definition) is 1. The van der Waals surface area contributed by atoms with Crippen molar-refractivity contribution in [3.63, 3.8) is 0 Å². The molecule has 2 aromatic heterocycles. The Kier molecular flexibility index (Phi) is 6.26. The zero-order valence-electron chi connectivity index (χ0n) is 16.2.